The summed E-state index contributed by atoms with van der Waals surface area (Å²) < 4.78 is 31.4. The number of halogens is 1. The summed E-state index contributed by atoms with van der Waals surface area (Å²) in [5, 5.41) is 3.29. The summed E-state index contributed by atoms with van der Waals surface area (Å²) in [5.74, 6) is 0.361. The minimum absolute atomic E-state index is 0.0876. The van der Waals surface area contributed by atoms with Crippen LogP contribution in [0.3, 0.4) is 0 Å². The van der Waals surface area contributed by atoms with Gasteiger partial charge in [0.15, 0.2) is 0 Å². The van der Waals surface area contributed by atoms with Gasteiger partial charge in [0.2, 0.25) is 10.0 Å². The molecule has 0 fully saturated rings. The van der Waals surface area contributed by atoms with E-state index in [0.29, 0.717) is 39.9 Å². The topological polar surface area (TPSA) is 75.7 Å². The summed E-state index contributed by atoms with van der Waals surface area (Å²) in [6, 6.07) is 20.4. The molecule has 32 heavy (non-hydrogen) atoms. The zero-order chi connectivity index (χ0) is 23.1. The summed E-state index contributed by atoms with van der Waals surface area (Å²) in [6.07, 6.45) is 2.78. The van der Waals surface area contributed by atoms with Gasteiger partial charge in [-0.2, -0.15) is 0 Å². The van der Waals surface area contributed by atoms with Gasteiger partial charge in [-0.1, -0.05) is 42.5 Å². The average molecular weight is 471 g/mol. The van der Waals surface area contributed by atoms with Gasteiger partial charge >= 0.3 is 0 Å². The molecule has 0 unspecified atom stereocenters. The number of hydrogen-bond acceptors (Lipinski definition) is 4. The standard InChI is InChI=1S/C24H23ClN2O4S/c1-3-16-31-22-14-10-20(11-15-22)26-24(28)18-8-12-21(13-9-18)27(32(2,29)30)17-19-6-4-5-7-23(19)25/h3-15H,1,16-17H2,2H3,(H,26,28). The molecule has 0 spiro atoms. The molecule has 0 radical (unpaired) electrons. The van der Waals surface area contributed by atoms with E-state index in [9.17, 15) is 13.2 Å². The third-order valence-corrected chi connectivity index (χ3v) is 6.08. The number of amides is 1. The molecule has 0 saturated heterocycles. The van der Waals surface area contributed by atoms with Crippen molar-refractivity contribution in [3.8, 4) is 5.75 Å². The average Bonchev–Trinajstić information content (AvgIpc) is 2.77. The summed E-state index contributed by atoms with van der Waals surface area (Å²) in [4.78, 5) is 12.6. The summed E-state index contributed by atoms with van der Waals surface area (Å²) in [6.45, 7) is 4.09. The van der Waals surface area contributed by atoms with E-state index < -0.39 is 10.0 Å². The predicted molar refractivity (Wildman–Crippen MR) is 129 cm³/mol. The largest absolute Gasteiger partial charge is 0.490 e. The number of benzene rings is 3. The van der Waals surface area contributed by atoms with Gasteiger partial charge in [-0.25, -0.2) is 8.42 Å². The van der Waals surface area contributed by atoms with E-state index >= 15 is 0 Å². The zero-order valence-corrected chi connectivity index (χ0v) is 19.1. The molecule has 0 heterocycles. The Bertz CT molecular complexity index is 1190. The van der Waals surface area contributed by atoms with Crippen LogP contribution < -0.4 is 14.4 Å². The zero-order valence-electron chi connectivity index (χ0n) is 17.5. The van der Waals surface area contributed by atoms with Crippen molar-refractivity contribution in [2.45, 2.75) is 6.54 Å². The van der Waals surface area contributed by atoms with Crippen molar-refractivity contribution < 1.29 is 17.9 Å². The van der Waals surface area contributed by atoms with Gasteiger partial charge in [0, 0.05) is 16.3 Å². The molecule has 0 saturated carbocycles. The van der Waals surface area contributed by atoms with Crippen LogP contribution in [0.4, 0.5) is 11.4 Å². The lowest BCUT2D eigenvalue weighted by Gasteiger charge is -2.23. The van der Waals surface area contributed by atoms with Crippen LogP contribution in [-0.4, -0.2) is 27.2 Å². The third kappa shape index (κ3) is 6.12. The molecule has 3 aromatic rings. The van der Waals surface area contributed by atoms with Crippen LogP contribution in [0.1, 0.15) is 15.9 Å². The molecule has 0 aliphatic heterocycles. The first-order valence-corrected chi connectivity index (χ1v) is 12.0. The van der Waals surface area contributed by atoms with Gasteiger partial charge in [0.05, 0.1) is 18.5 Å². The summed E-state index contributed by atoms with van der Waals surface area (Å²) in [7, 11) is -3.57. The Morgan fingerprint density at radius 2 is 1.72 bits per heavy atom. The fourth-order valence-electron chi connectivity index (χ4n) is 2.95. The number of carbonyl (C=O) groups excluding carboxylic acids is 1. The highest BCUT2D eigenvalue weighted by atomic mass is 35.5. The first-order valence-electron chi connectivity index (χ1n) is 9.74. The van der Waals surface area contributed by atoms with Crippen LogP contribution >= 0.6 is 11.6 Å². The van der Waals surface area contributed by atoms with E-state index in [1.807, 2.05) is 0 Å². The van der Waals surface area contributed by atoms with Crippen molar-refractivity contribution in [1.82, 2.24) is 0 Å². The molecule has 0 aliphatic carbocycles. The Morgan fingerprint density at radius 3 is 2.31 bits per heavy atom. The Hall–Kier alpha value is -3.29. The van der Waals surface area contributed by atoms with Crippen LogP contribution in [0, 0.1) is 0 Å². The quantitative estimate of drug-likeness (QED) is 0.440. The maximum Gasteiger partial charge on any atom is 0.255 e. The van der Waals surface area contributed by atoms with Crippen LogP contribution in [0.25, 0.3) is 0 Å². The van der Waals surface area contributed by atoms with Crippen molar-refractivity contribution in [1.29, 1.82) is 0 Å². The number of carbonyl (C=O) groups is 1. The van der Waals surface area contributed by atoms with E-state index in [-0.39, 0.29) is 12.5 Å². The first-order chi connectivity index (χ1) is 15.3. The molecular weight excluding hydrogens is 448 g/mol. The lowest BCUT2D eigenvalue weighted by molar-refractivity contribution is 0.102. The smallest absolute Gasteiger partial charge is 0.255 e. The minimum Gasteiger partial charge on any atom is -0.490 e. The highest BCUT2D eigenvalue weighted by Crippen LogP contribution is 2.25. The third-order valence-electron chi connectivity index (χ3n) is 4.57. The highest BCUT2D eigenvalue weighted by Gasteiger charge is 2.19. The molecule has 0 aliphatic rings. The number of anilines is 2. The second-order valence-corrected chi connectivity index (χ2v) is 9.30. The van der Waals surface area contributed by atoms with Crippen LogP contribution in [0.15, 0.2) is 85.5 Å². The predicted octanol–water partition coefficient (Wildman–Crippen LogP) is 5.12. The molecule has 8 heteroatoms. The van der Waals surface area contributed by atoms with E-state index in [4.69, 9.17) is 16.3 Å². The Balaban J connectivity index is 1.74. The molecule has 1 amide bonds. The molecule has 1 N–H and O–H groups in total. The van der Waals surface area contributed by atoms with Gasteiger partial charge in [0.1, 0.15) is 12.4 Å². The Labute approximate surface area is 193 Å². The normalized spacial score (nSPS) is 10.9. The number of ether oxygens (including phenoxy) is 1. The lowest BCUT2D eigenvalue weighted by Crippen LogP contribution is -2.29. The maximum atomic E-state index is 12.6. The monoisotopic (exact) mass is 470 g/mol. The van der Waals surface area contributed by atoms with E-state index in [0.717, 1.165) is 6.26 Å². The highest BCUT2D eigenvalue weighted by molar-refractivity contribution is 7.92. The minimum atomic E-state index is -3.57. The number of sulfonamides is 1. The van der Waals surface area contributed by atoms with Crippen molar-refractivity contribution >= 4 is 38.9 Å². The van der Waals surface area contributed by atoms with Crippen LogP contribution in [-0.2, 0) is 16.6 Å². The van der Waals surface area contributed by atoms with Gasteiger partial charge in [0.25, 0.3) is 5.91 Å². The van der Waals surface area contributed by atoms with Gasteiger partial charge < -0.3 is 10.1 Å². The fourth-order valence-corrected chi connectivity index (χ4v) is 4.03. The molecule has 6 nitrogen and oxygen atoms in total. The van der Waals surface area contributed by atoms with Crippen molar-refractivity contribution in [2.75, 3.05) is 22.5 Å². The van der Waals surface area contributed by atoms with Crippen molar-refractivity contribution in [3.63, 3.8) is 0 Å². The molecule has 0 bridgehead atoms. The maximum absolute atomic E-state index is 12.6. The molecular formula is C24H23ClN2O4S. The van der Waals surface area contributed by atoms with Crippen LogP contribution in [0.2, 0.25) is 5.02 Å². The molecule has 3 rings (SSSR count). The van der Waals surface area contributed by atoms with Crippen LogP contribution in [0.5, 0.6) is 5.75 Å². The molecule has 0 atom stereocenters. The second kappa shape index (κ2) is 10.3. The lowest BCUT2D eigenvalue weighted by atomic mass is 10.1. The summed E-state index contributed by atoms with van der Waals surface area (Å²) in [5.41, 5.74) is 2.13. The SMILES string of the molecule is C=CCOc1ccc(NC(=O)c2ccc(N(Cc3ccccc3Cl)S(C)(=O)=O)cc2)cc1. The van der Waals surface area contributed by atoms with E-state index in [2.05, 4.69) is 11.9 Å². The van der Waals surface area contributed by atoms with Crippen molar-refractivity contribution in [3.05, 3.63) is 102 Å². The second-order valence-electron chi connectivity index (χ2n) is 6.99. The van der Waals surface area contributed by atoms with Gasteiger partial charge in [-0.15, -0.1) is 0 Å². The van der Waals surface area contributed by atoms with E-state index in [1.165, 1.54) is 4.31 Å². The molecule has 166 valence electrons. The first kappa shape index (κ1) is 23.4. The summed E-state index contributed by atoms with van der Waals surface area (Å²) >= 11 is 6.20. The van der Waals surface area contributed by atoms with E-state index in [1.54, 1.807) is 78.9 Å². The number of hydrogen-bond donors (Lipinski definition) is 1. The number of rotatable bonds is 9. The number of nitrogens with one attached hydrogen (secondary N) is 1. The van der Waals surface area contributed by atoms with Crippen molar-refractivity contribution in [2.24, 2.45) is 0 Å². The Kier molecular flexibility index (Phi) is 7.56. The van der Waals surface area contributed by atoms with Gasteiger partial charge in [-0.3, -0.25) is 9.10 Å². The van der Waals surface area contributed by atoms with Gasteiger partial charge in [-0.05, 0) is 60.2 Å². The Morgan fingerprint density at radius 1 is 1.06 bits per heavy atom. The molecule has 0 aromatic heterocycles. The number of nitrogens with zero attached hydrogens (tertiary/aromatic N) is 1. The fraction of sp³-hybridized carbons (Fsp3) is 0.125. The molecule has 3 aromatic carbocycles.